The number of hydrogen-bond acceptors (Lipinski definition) is 7. The van der Waals surface area contributed by atoms with Crippen LogP contribution in [-0.2, 0) is 25.6 Å². The minimum Gasteiger partial charge on any atom is -0.382 e. The molecule has 5 heterocycles. The number of nitrogens with two attached hydrogens (primary N) is 1. The number of ether oxygens (including phenoxy) is 1. The van der Waals surface area contributed by atoms with Crippen LogP contribution in [0.3, 0.4) is 0 Å². The van der Waals surface area contributed by atoms with E-state index in [0.29, 0.717) is 19.0 Å². The zero-order valence-corrected chi connectivity index (χ0v) is 23.5. The van der Waals surface area contributed by atoms with E-state index in [4.69, 9.17) is 15.6 Å². The predicted octanol–water partition coefficient (Wildman–Crippen LogP) is 3.11. The van der Waals surface area contributed by atoms with Gasteiger partial charge in [0.2, 0.25) is 0 Å². The van der Waals surface area contributed by atoms with Gasteiger partial charge in [-0.1, -0.05) is 46.7 Å². The standard InChI is InChI=1S/C29H33N8O2S/c1-40(2,38)36-11-10-34-17-27(39-18-23(34)16-36)26-13-24(28-29(30)31-19-32-37(26)28)21-8-9-22-15-35(33-25(22)12-21)14-20-6-4-3-5-7-20/h3-9,12-13,15,19,23,27H,10-11,14,16-18H2,1-2H3,(H2,30,31,32)/q+1. The minimum absolute atomic E-state index is 0.167. The van der Waals surface area contributed by atoms with Crippen LogP contribution in [0.4, 0.5) is 5.82 Å². The van der Waals surface area contributed by atoms with Gasteiger partial charge in [-0.15, -0.1) is 4.31 Å². The number of rotatable bonds is 5. The maximum atomic E-state index is 12.6. The van der Waals surface area contributed by atoms with Crippen LogP contribution in [0.25, 0.3) is 27.5 Å². The zero-order chi connectivity index (χ0) is 27.4. The van der Waals surface area contributed by atoms with Gasteiger partial charge in [-0.2, -0.15) is 10.2 Å². The molecule has 3 aromatic heterocycles. The van der Waals surface area contributed by atoms with E-state index in [2.05, 4.69) is 61.9 Å². The SMILES string of the molecule is C[S+](C)(=O)N1CCN2CC(c3cc(-c4ccc5cn(Cc6ccccc6)nc5c4)c4c(N)ncnn34)OCC2C1. The Kier molecular flexibility index (Phi) is 6.19. The van der Waals surface area contributed by atoms with Crippen molar-refractivity contribution in [3.8, 4) is 11.1 Å². The van der Waals surface area contributed by atoms with Crippen molar-refractivity contribution in [2.75, 3.05) is 51.0 Å². The number of morpholine rings is 1. The lowest BCUT2D eigenvalue weighted by Crippen LogP contribution is -2.60. The van der Waals surface area contributed by atoms with E-state index in [9.17, 15) is 4.21 Å². The molecule has 7 rings (SSSR count). The highest BCUT2D eigenvalue weighted by Gasteiger charge is 2.40. The lowest BCUT2D eigenvalue weighted by Gasteiger charge is -2.44. The number of nitrogens with zero attached hydrogens (tertiary/aromatic N) is 7. The Balaban J connectivity index is 1.20. The molecule has 11 heteroatoms. The van der Waals surface area contributed by atoms with Crippen LogP contribution < -0.4 is 5.73 Å². The number of nitrogen functional groups attached to an aromatic ring is 1. The van der Waals surface area contributed by atoms with Crippen molar-refractivity contribution in [1.82, 2.24) is 33.6 Å². The summed E-state index contributed by atoms with van der Waals surface area (Å²) in [7, 11) is -1.97. The van der Waals surface area contributed by atoms with Crippen molar-refractivity contribution in [3.63, 3.8) is 0 Å². The van der Waals surface area contributed by atoms with Gasteiger partial charge in [0.05, 0.1) is 43.5 Å². The maximum absolute atomic E-state index is 12.6. The summed E-state index contributed by atoms with van der Waals surface area (Å²) in [5.41, 5.74) is 12.2. The van der Waals surface area contributed by atoms with Crippen molar-refractivity contribution in [2.24, 2.45) is 0 Å². The minimum atomic E-state index is -1.97. The Morgan fingerprint density at radius 3 is 2.75 bits per heavy atom. The highest BCUT2D eigenvalue weighted by molar-refractivity contribution is 7.99. The Morgan fingerprint density at radius 1 is 1.07 bits per heavy atom. The third kappa shape index (κ3) is 4.58. The van der Waals surface area contributed by atoms with Gasteiger partial charge in [-0.05, 0) is 23.3 Å². The van der Waals surface area contributed by atoms with Crippen LogP contribution in [0, 0.1) is 0 Å². The third-order valence-electron chi connectivity index (χ3n) is 8.07. The van der Waals surface area contributed by atoms with Gasteiger partial charge in [0.25, 0.3) is 0 Å². The molecular weight excluding hydrogens is 524 g/mol. The number of benzene rings is 2. The maximum Gasteiger partial charge on any atom is 0.152 e. The molecule has 0 spiro atoms. The fraction of sp³-hybridized carbons (Fsp3) is 0.345. The molecule has 40 heavy (non-hydrogen) atoms. The number of aromatic nitrogens is 5. The first kappa shape index (κ1) is 25.3. The Hall–Kier alpha value is -3.64. The second kappa shape index (κ2) is 9.77. The molecule has 2 aliphatic heterocycles. The smallest absolute Gasteiger partial charge is 0.152 e. The highest BCUT2D eigenvalue weighted by atomic mass is 32.3. The average molecular weight is 558 g/mol. The van der Waals surface area contributed by atoms with E-state index in [1.54, 1.807) is 0 Å². The van der Waals surface area contributed by atoms with E-state index in [-0.39, 0.29) is 12.1 Å². The molecule has 2 unspecified atom stereocenters. The molecule has 10 nitrogen and oxygen atoms in total. The topological polar surface area (TPSA) is 107 Å². The molecule has 206 valence electrons. The molecule has 0 amide bonds. The molecule has 2 fully saturated rings. The van der Waals surface area contributed by atoms with Crippen LogP contribution in [0.15, 0.2) is 67.1 Å². The van der Waals surface area contributed by atoms with Crippen molar-refractivity contribution < 1.29 is 8.95 Å². The molecule has 0 aliphatic carbocycles. The van der Waals surface area contributed by atoms with Crippen molar-refractivity contribution in [3.05, 3.63) is 78.4 Å². The first-order valence-electron chi connectivity index (χ1n) is 13.5. The molecule has 0 bridgehead atoms. The molecule has 2 aliphatic rings. The highest BCUT2D eigenvalue weighted by Crippen LogP contribution is 2.36. The average Bonchev–Trinajstić information content (AvgIpc) is 3.54. The van der Waals surface area contributed by atoms with Crippen LogP contribution in [0.1, 0.15) is 17.4 Å². The van der Waals surface area contributed by atoms with E-state index in [1.165, 1.54) is 11.9 Å². The number of piperazine rings is 1. The lowest BCUT2D eigenvalue weighted by atomic mass is 10.0. The summed E-state index contributed by atoms with van der Waals surface area (Å²) >= 11 is 0. The monoisotopic (exact) mass is 557 g/mol. The van der Waals surface area contributed by atoms with E-state index >= 15 is 0 Å². The number of anilines is 1. The van der Waals surface area contributed by atoms with Crippen molar-refractivity contribution >= 4 is 32.4 Å². The summed E-state index contributed by atoms with van der Waals surface area (Å²) in [6, 6.07) is 19.0. The summed E-state index contributed by atoms with van der Waals surface area (Å²) in [6.45, 7) is 4.44. The third-order valence-corrected chi connectivity index (χ3v) is 9.65. The van der Waals surface area contributed by atoms with Gasteiger partial charge >= 0.3 is 0 Å². The van der Waals surface area contributed by atoms with E-state index in [1.807, 2.05) is 39.9 Å². The van der Waals surface area contributed by atoms with Crippen LogP contribution >= 0.6 is 0 Å². The fourth-order valence-corrected chi connectivity index (χ4v) is 7.01. The molecule has 0 radical (unpaired) electrons. The quantitative estimate of drug-likeness (QED) is 0.331. The van der Waals surface area contributed by atoms with Crippen molar-refractivity contribution in [1.29, 1.82) is 0 Å². The van der Waals surface area contributed by atoms with Crippen LogP contribution in [0.2, 0.25) is 0 Å². The summed E-state index contributed by atoms with van der Waals surface area (Å²) in [6.07, 6.45) is 7.04. The number of fused-ring (bicyclic) bond motifs is 3. The molecule has 2 atom stereocenters. The largest absolute Gasteiger partial charge is 0.382 e. The first-order chi connectivity index (χ1) is 19.3. The Morgan fingerprint density at radius 2 is 1.93 bits per heavy atom. The molecule has 2 aromatic carbocycles. The summed E-state index contributed by atoms with van der Waals surface area (Å²) < 4.78 is 25.0. The van der Waals surface area contributed by atoms with Crippen LogP contribution in [-0.4, -0.2) is 84.9 Å². The van der Waals surface area contributed by atoms with Gasteiger partial charge in [0.15, 0.2) is 15.9 Å². The second-order valence-corrected chi connectivity index (χ2v) is 13.9. The fourth-order valence-electron chi connectivity index (χ4n) is 5.96. The van der Waals surface area contributed by atoms with E-state index in [0.717, 1.165) is 59.4 Å². The van der Waals surface area contributed by atoms with Gasteiger partial charge in [0.1, 0.15) is 30.5 Å². The molecule has 5 aromatic rings. The van der Waals surface area contributed by atoms with Crippen LogP contribution in [0.5, 0.6) is 0 Å². The predicted molar refractivity (Wildman–Crippen MR) is 157 cm³/mol. The summed E-state index contributed by atoms with van der Waals surface area (Å²) in [5, 5.41) is 10.5. The first-order valence-corrected chi connectivity index (χ1v) is 15.9. The van der Waals surface area contributed by atoms with Gasteiger partial charge in [0, 0.05) is 30.2 Å². The molecule has 0 saturated carbocycles. The Bertz CT molecular complexity index is 1740. The van der Waals surface area contributed by atoms with Gasteiger partial charge in [-0.25, -0.2) is 9.50 Å². The Labute approximate surface area is 233 Å². The zero-order valence-electron chi connectivity index (χ0n) is 22.7. The van der Waals surface area contributed by atoms with Gasteiger partial charge < -0.3 is 10.5 Å². The molecule has 2 saturated heterocycles. The summed E-state index contributed by atoms with van der Waals surface area (Å²) in [5.74, 6) is 0.425. The second-order valence-electron chi connectivity index (χ2n) is 11.0. The number of hydrogen-bond donors (Lipinski definition) is 1. The summed E-state index contributed by atoms with van der Waals surface area (Å²) in [4.78, 5) is 6.75. The molecular formula is C29H33N8O2S+. The lowest BCUT2D eigenvalue weighted by molar-refractivity contribution is -0.0829. The van der Waals surface area contributed by atoms with Crippen molar-refractivity contribution in [2.45, 2.75) is 18.7 Å². The van der Waals surface area contributed by atoms with Gasteiger partial charge in [-0.3, -0.25) is 9.58 Å². The van der Waals surface area contributed by atoms with E-state index < -0.39 is 10.1 Å². The normalized spacial score (nSPS) is 20.8. The molecule has 2 N–H and O–H groups in total.